The van der Waals surface area contributed by atoms with Crippen LogP contribution < -0.4 is 16.4 Å². The van der Waals surface area contributed by atoms with Crippen molar-refractivity contribution in [2.75, 3.05) is 13.1 Å². The highest BCUT2D eigenvalue weighted by molar-refractivity contribution is 5.74. The molecule has 2 amide bonds. The molecule has 0 aromatic heterocycles. The number of alkyl halides is 5. The minimum Gasteiger partial charge on any atom is -0.338 e. The first-order valence-corrected chi connectivity index (χ1v) is 4.35. The lowest BCUT2D eigenvalue weighted by Crippen LogP contribution is -2.60. The van der Waals surface area contributed by atoms with Gasteiger partial charge < -0.3 is 16.4 Å². The van der Waals surface area contributed by atoms with Gasteiger partial charge in [0.05, 0.1) is 0 Å². The molecule has 0 saturated carbocycles. The Hall–Kier alpha value is -1.12. The first-order valence-electron chi connectivity index (χ1n) is 4.35. The van der Waals surface area contributed by atoms with E-state index in [9.17, 15) is 26.7 Å². The Morgan fingerprint density at radius 1 is 1.31 bits per heavy atom. The number of carbonyl (C=O) groups is 1. The summed E-state index contributed by atoms with van der Waals surface area (Å²) >= 11 is 0. The molecule has 0 saturated heterocycles. The Bertz CT molecular complexity index is 243. The molecule has 0 heterocycles. The standard InChI is InChI=1S/C7H12F5N3O/c1-2-14-5(16)15-4(3-13)6(8,9)7(10,11)12/h4H,2-3,13H2,1H3,(H2,14,15,16). The van der Waals surface area contributed by atoms with Gasteiger partial charge >= 0.3 is 18.1 Å². The van der Waals surface area contributed by atoms with Crippen molar-refractivity contribution >= 4 is 6.03 Å². The van der Waals surface area contributed by atoms with Gasteiger partial charge in [-0.15, -0.1) is 0 Å². The predicted molar refractivity (Wildman–Crippen MR) is 46.1 cm³/mol. The minimum atomic E-state index is -5.75. The third-order valence-corrected chi connectivity index (χ3v) is 1.69. The van der Waals surface area contributed by atoms with E-state index in [0.717, 1.165) is 0 Å². The second kappa shape index (κ2) is 5.28. The van der Waals surface area contributed by atoms with E-state index in [-0.39, 0.29) is 6.54 Å². The second-order valence-electron chi connectivity index (χ2n) is 2.91. The zero-order chi connectivity index (χ0) is 13.0. The van der Waals surface area contributed by atoms with Crippen molar-refractivity contribution in [3.8, 4) is 0 Å². The Labute approximate surface area is 88.4 Å². The Morgan fingerprint density at radius 3 is 2.12 bits per heavy atom. The van der Waals surface area contributed by atoms with E-state index in [1.807, 2.05) is 5.32 Å². The van der Waals surface area contributed by atoms with Crippen LogP contribution in [0.1, 0.15) is 6.92 Å². The molecule has 0 aromatic carbocycles. The van der Waals surface area contributed by atoms with Gasteiger partial charge in [-0.2, -0.15) is 22.0 Å². The summed E-state index contributed by atoms with van der Waals surface area (Å²) in [5.74, 6) is -5.06. The van der Waals surface area contributed by atoms with Crippen molar-refractivity contribution in [2.45, 2.75) is 25.1 Å². The van der Waals surface area contributed by atoms with Gasteiger partial charge in [-0.25, -0.2) is 4.79 Å². The molecule has 0 spiro atoms. The van der Waals surface area contributed by atoms with Crippen molar-refractivity contribution in [3.63, 3.8) is 0 Å². The molecule has 0 aliphatic rings. The summed E-state index contributed by atoms with van der Waals surface area (Å²) < 4.78 is 61.3. The van der Waals surface area contributed by atoms with Gasteiger partial charge in [0.2, 0.25) is 0 Å². The van der Waals surface area contributed by atoms with Gasteiger partial charge in [0.25, 0.3) is 0 Å². The monoisotopic (exact) mass is 249 g/mol. The van der Waals surface area contributed by atoms with E-state index in [1.165, 1.54) is 12.2 Å². The van der Waals surface area contributed by atoms with Gasteiger partial charge in [-0.3, -0.25) is 0 Å². The predicted octanol–water partition coefficient (Wildman–Crippen LogP) is 0.830. The van der Waals surface area contributed by atoms with E-state index in [4.69, 9.17) is 5.73 Å². The van der Waals surface area contributed by atoms with Gasteiger partial charge in [0, 0.05) is 13.1 Å². The van der Waals surface area contributed by atoms with E-state index in [1.54, 1.807) is 0 Å². The summed E-state index contributed by atoms with van der Waals surface area (Å²) in [5.41, 5.74) is 4.78. The highest BCUT2D eigenvalue weighted by atomic mass is 19.4. The molecule has 16 heavy (non-hydrogen) atoms. The van der Waals surface area contributed by atoms with Crippen LogP contribution in [0, 0.1) is 0 Å². The van der Waals surface area contributed by atoms with Crippen molar-refractivity contribution in [1.82, 2.24) is 10.6 Å². The zero-order valence-corrected chi connectivity index (χ0v) is 8.37. The summed E-state index contributed by atoms with van der Waals surface area (Å²) in [6, 6.07) is -3.61. The largest absolute Gasteiger partial charge is 0.455 e. The average Bonchev–Trinajstić information content (AvgIpc) is 2.12. The fourth-order valence-corrected chi connectivity index (χ4v) is 0.865. The van der Waals surface area contributed by atoms with Crippen LogP contribution in [0.25, 0.3) is 0 Å². The molecule has 0 aliphatic carbocycles. The van der Waals surface area contributed by atoms with Crippen molar-refractivity contribution in [1.29, 1.82) is 0 Å². The van der Waals surface area contributed by atoms with Gasteiger partial charge in [-0.05, 0) is 6.92 Å². The molecule has 4 N–H and O–H groups in total. The molecule has 4 nitrogen and oxygen atoms in total. The first-order chi connectivity index (χ1) is 7.16. The maximum Gasteiger partial charge on any atom is 0.455 e. The number of carbonyl (C=O) groups excluding carboxylic acids is 1. The van der Waals surface area contributed by atoms with Crippen LogP contribution in [0.15, 0.2) is 0 Å². The van der Waals surface area contributed by atoms with Gasteiger partial charge in [0.15, 0.2) is 0 Å². The third-order valence-electron chi connectivity index (χ3n) is 1.69. The third kappa shape index (κ3) is 3.47. The normalized spacial score (nSPS) is 14.4. The summed E-state index contributed by atoms with van der Waals surface area (Å²) in [4.78, 5) is 10.8. The number of nitrogens with one attached hydrogen (secondary N) is 2. The van der Waals surface area contributed by atoms with Crippen molar-refractivity contribution < 1.29 is 26.7 Å². The highest BCUT2D eigenvalue weighted by Crippen LogP contribution is 2.37. The first kappa shape index (κ1) is 14.9. The maximum atomic E-state index is 12.7. The Morgan fingerprint density at radius 2 is 1.81 bits per heavy atom. The average molecular weight is 249 g/mol. The molecule has 1 unspecified atom stereocenters. The van der Waals surface area contributed by atoms with Crippen LogP contribution >= 0.6 is 0 Å². The summed E-state index contributed by atoms with van der Waals surface area (Å²) in [6.07, 6.45) is -5.75. The number of rotatable bonds is 4. The van der Waals surface area contributed by atoms with Crippen LogP contribution in [0.5, 0.6) is 0 Å². The summed E-state index contributed by atoms with van der Waals surface area (Å²) in [6.45, 7) is 0.559. The topological polar surface area (TPSA) is 67.2 Å². The zero-order valence-electron chi connectivity index (χ0n) is 8.37. The lowest BCUT2D eigenvalue weighted by atomic mass is 10.1. The van der Waals surface area contributed by atoms with E-state index in [2.05, 4.69) is 0 Å². The molecule has 0 radical (unpaired) electrons. The van der Waals surface area contributed by atoms with Crippen LogP contribution in [0.3, 0.4) is 0 Å². The van der Waals surface area contributed by atoms with Gasteiger partial charge in [-0.1, -0.05) is 0 Å². The molecule has 1 atom stereocenters. The number of hydrogen-bond acceptors (Lipinski definition) is 2. The molecule has 0 aliphatic heterocycles. The molecule has 96 valence electrons. The quantitative estimate of drug-likeness (QED) is 0.646. The summed E-state index contributed by atoms with van der Waals surface area (Å²) in [7, 11) is 0. The van der Waals surface area contributed by atoms with Crippen LogP contribution in [-0.4, -0.2) is 37.3 Å². The molecule has 9 heteroatoms. The van der Waals surface area contributed by atoms with Crippen LogP contribution in [0.4, 0.5) is 26.7 Å². The fourth-order valence-electron chi connectivity index (χ4n) is 0.865. The number of urea groups is 1. The molecule has 0 rings (SSSR count). The number of hydrogen-bond donors (Lipinski definition) is 3. The molecular weight excluding hydrogens is 237 g/mol. The summed E-state index contributed by atoms with van der Waals surface area (Å²) in [5, 5.41) is 3.50. The highest BCUT2D eigenvalue weighted by Gasteiger charge is 2.62. The molecule has 0 bridgehead atoms. The van der Waals surface area contributed by atoms with E-state index >= 15 is 0 Å². The van der Waals surface area contributed by atoms with E-state index in [0.29, 0.717) is 0 Å². The number of amides is 2. The van der Waals surface area contributed by atoms with Crippen LogP contribution in [0.2, 0.25) is 0 Å². The van der Waals surface area contributed by atoms with Crippen LogP contribution in [-0.2, 0) is 0 Å². The number of nitrogens with two attached hydrogens (primary N) is 1. The lowest BCUT2D eigenvalue weighted by Gasteiger charge is -2.28. The molecule has 0 fully saturated rings. The second-order valence-corrected chi connectivity index (χ2v) is 2.91. The lowest BCUT2D eigenvalue weighted by molar-refractivity contribution is -0.290. The Kier molecular flexibility index (Phi) is 4.91. The van der Waals surface area contributed by atoms with Crippen molar-refractivity contribution in [2.24, 2.45) is 5.73 Å². The fraction of sp³-hybridized carbons (Fsp3) is 0.857. The number of halogens is 5. The van der Waals surface area contributed by atoms with Gasteiger partial charge in [0.1, 0.15) is 6.04 Å². The molecular formula is C7H12F5N3O. The maximum absolute atomic E-state index is 12.7. The van der Waals surface area contributed by atoms with Crippen molar-refractivity contribution in [3.05, 3.63) is 0 Å². The minimum absolute atomic E-state index is 0.0979. The smallest absolute Gasteiger partial charge is 0.338 e. The molecule has 0 aromatic rings. The SMILES string of the molecule is CCNC(=O)NC(CN)C(F)(F)C(F)(F)F. The van der Waals surface area contributed by atoms with E-state index < -0.39 is 30.7 Å². The Balaban J connectivity index is 4.67.